The zero-order valence-electron chi connectivity index (χ0n) is 13.0. The highest BCUT2D eigenvalue weighted by molar-refractivity contribution is 6.33. The molecule has 2 aliphatic heterocycles. The Morgan fingerprint density at radius 2 is 2.22 bits per heavy atom. The summed E-state index contributed by atoms with van der Waals surface area (Å²) in [6, 6.07) is 4.99. The van der Waals surface area contributed by atoms with Crippen LogP contribution < -0.4 is 5.32 Å². The Kier molecular flexibility index (Phi) is 5.35. The van der Waals surface area contributed by atoms with Crippen molar-refractivity contribution >= 4 is 23.0 Å². The summed E-state index contributed by atoms with van der Waals surface area (Å²) in [7, 11) is 0. The average molecular weight is 340 g/mol. The first kappa shape index (κ1) is 16.5. The van der Waals surface area contributed by atoms with Gasteiger partial charge in [-0.05, 0) is 38.4 Å². The lowest BCUT2D eigenvalue weighted by Crippen LogP contribution is -2.44. The van der Waals surface area contributed by atoms with E-state index in [9.17, 15) is 10.1 Å². The van der Waals surface area contributed by atoms with E-state index in [4.69, 9.17) is 16.3 Å². The average Bonchev–Trinajstić information content (AvgIpc) is 3.22. The number of anilines is 1. The van der Waals surface area contributed by atoms with Crippen LogP contribution in [-0.2, 0) is 4.74 Å². The van der Waals surface area contributed by atoms with Gasteiger partial charge in [-0.15, -0.1) is 0 Å². The first-order chi connectivity index (χ1) is 11.1. The topological polar surface area (TPSA) is 67.6 Å². The third-order valence-electron chi connectivity index (χ3n) is 4.78. The minimum atomic E-state index is -0.432. The molecule has 2 saturated heterocycles. The van der Waals surface area contributed by atoms with Crippen molar-refractivity contribution in [3.63, 3.8) is 0 Å². The van der Waals surface area contributed by atoms with Gasteiger partial charge in [-0.1, -0.05) is 11.6 Å². The van der Waals surface area contributed by atoms with E-state index in [-0.39, 0.29) is 5.69 Å². The van der Waals surface area contributed by atoms with Crippen molar-refractivity contribution in [2.24, 2.45) is 5.92 Å². The van der Waals surface area contributed by atoms with E-state index in [1.807, 2.05) is 0 Å². The second-order valence-electron chi connectivity index (χ2n) is 6.24. The Morgan fingerprint density at radius 3 is 2.83 bits per heavy atom. The van der Waals surface area contributed by atoms with Crippen LogP contribution in [0.3, 0.4) is 0 Å². The Labute approximate surface area is 140 Å². The van der Waals surface area contributed by atoms with Crippen LogP contribution in [0.15, 0.2) is 18.2 Å². The number of nitro benzene ring substituents is 1. The second-order valence-corrected chi connectivity index (χ2v) is 6.64. The molecule has 1 N–H and O–H groups in total. The number of non-ortho nitro benzene ring substituents is 1. The monoisotopic (exact) mass is 339 g/mol. The van der Waals surface area contributed by atoms with Crippen LogP contribution in [0.5, 0.6) is 0 Å². The summed E-state index contributed by atoms with van der Waals surface area (Å²) >= 11 is 6.17. The van der Waals surface area contributed by atoms with E-state index in [1.165, 1.54) is 25.0 Å². The van der Waals surface area contributed by atoms with Gasteiger partial charge in [0.1, 0.15) is 0 Å². The number of nitrogens with one attached hydrogen (secondary N) is 1. The molecule has 2 fully saturated rings. The maximum Gasteiger partial charge on any atom is 0.271 e. The second kappa shape index (κ2) is 7.47. The van der Waals surface area contributed by atoms with Crippen molar-refractivity contribution in [3.05, 3.63) is 33.3 Å². The molecule has 1 aromatic rings. The van der Waals surface area contributed by atoms with Crippen LogP contribution in [0, 0.1) is 16.0 Å². The summed E-state index contributed by atoms with van der Waals surface area (Å²) in [6.45, 7) is 4.71. The van der Waals surface area contributed by atoms with E-state index in [2.05, 4.69) is 10.2 Å². The smallest absolute Gasteiger partial charge is 0.271 e. The number of benzene rings is 1. The normalized spacial score (nSPS) is 23.1. The van der Waals surface area contributed by atoms with Crippen LogP contribution in [0.2, 0.25) is 5.02 Å². The molecule has 126 valence electrons. The highest BCUT2D eigenvalue weighted by Crippen LogP contribution is 2.29. The van der Waals surface area contributed by atoms with Crippen LogP contribution in [0.4, 0.5) is 11.4 Å². The lowest BCUT2D eigenvalue weighted by Gasteiger charge is -2.32. The molecule has 0 radical (unpaired) electrons. The third-order valence-corrected chi connectivity index (χ3v) is 5.10. The zero-order valence-corrected chi connectivity index (χ0v) is 13.8. The molecule has 0 bridgehead atoms. The maximum absolute atomic E-state index is 10.8. The van der Waals surface area contributed by atoms with Gasteiger partial charge in [0.25, 0.3) is 5.69 Å². The fourth-order valence-corrected chi connectivity index (χ4v) is 3.74. The molecule has 0 aromatic heterocycles. The Balaban J connectivity index is 1.67. The maximum atomic E-state index is 10.8. The van der Waals surface area contributed by atoms with Gasteiger partial charge in [0, 0.05) is 37.2 Å². The Hall–Kier alpha value is -1.37. The minimum Gasteiger partial charge on any atom is -0.382 e. The Morgan fingerprint density at radius 1 is 1.43 bits per heavy atom. The summed E-state index contributed by atoms with van der Waals surface area (Å²) in [6.07, 6.45) is 3.60. The number of halogens is 1. The molecule has 23 heavy (non-hydrogen) atoms. The number of hydrogen-bond acceptors (Lipinski definition) is 5. The number of ether oxygens (including phenoxy) is 1. The number of nitrogens with zero attached hydrogens (tertiary/aromatic N) is 2. The molecule has 2 aliphatic rings. The third kappa shape index (κ3) is 3.94. The molecule has 0 saturated carbocycles. The van der Waals surface area contributed by atoms with Crippen molar-refractivity contribution in [1.82, 2.24) is 4.90 Å². The summed E-state index contributed by atoms with van der Waals surface area (Å²) in [4.78, 5) is 12.9. The van der Waals surface area contributed by atoms with Crippen LogP contribution >= 0.6 is 11.6 Å². The fourth-order valence-electron chi connectivity index (χ4n) is 3.50. The summed E-state index contributed by atoms with van der Waals surface area (Å²) < 4.78 is 5.56. The van der Waals surface area contributed by atoms with Gasteiger partial charge in [-0.3, -0.25) is 15.0 Å². The zero-order chi connectivity index (χ0) is 16.2. The molecule has 0 unspecified atom stereocenters. The van der Waals surface area contributed by atoms with Crippen molar-refractivity contribution in [2.75, 3.05) is 38.2 Å². The predicted molar refractivity (Wildman–Crippen MR) is 90.1 cm³/mol. The number of nitro groups is 1. The number of likely N-dealkylation sites (tertiary alicyclic amines) is 1. The van der Waals surface area contributed by atoms with Gasteiger partial charge in [-0.2, -0.15) is 0 Å². The first-order valence-corrected chi connectivity index (χ1v) is 8.52. The summed E-state index contributed by atoms with van der Waals surface area (Å²) in [5, 5.41) is 14.6. The van der Waals surface area contributed by atoms with Crippen molar-refractivity contribution in [2.45, 2.75) is 25.3 Å². The van der Waals surface area contributed by atoms with Crippen molar-refractivity contribution in [3.8, 4) is 0 Å². The van der Waals surface area contributed by atoms with Crippen molar-refractivity contribution < 1.29 is 9.66 Å². The molecule has 0 aliphatic carbocycles. The SMILES string of the molecule is O=[N+]([O-])c1ccc(NC[C@H]([C@H]2CCOC2)N2CCCC2)c(Cl)c1. The standard InChI is InChI=1S/C16H22ClN3O3/c17-14-9-13(20(21)22)3-4-15(14)18-10-16(12-5-8-23-11-12)19-6-1-2-7-19/h3-4,9,12,16,18H,1-2,5-8,10-11H2/t12-,16+/m0/s1. The van der Waals surface area contributed by atoms with Crippen LogP contribution in [0.25, 0.3) is 0 Å². The van der Waals surface area contributed by atoms with Crippen LogP contribution in [-0.4, -0.2) is 48.7 Å². The van der Waals surface area contributed by atoms with Gasteiger partial charge in [0.05, 0.1) is 22.2 Å². The van der Waals surface area contributed by atoms with Gasteiger partial charge >= 0.3 is 0 Å². The molecule has 2 heterocycles. The lowest BCUT2D eigenvalue weighted by atomic mass is 9.97. The number of rotatable bonds is 6. The predicted octanol–water partition coefficient (Wildman–Crippen LogP) is 3.16. The first-order valence-electron chi connectivity index (χ1n) is 8.15. The largest absolute Gasteiger partial charge is 0.382 e. The molecule has 0 amide bonds. The van der Waals surface area contributed by atoms with E-state index in [0.29, 0.717) is 17.0 Å². The van der Waals surface area contributed by atoms with Gasteiger partial charge in [-0.25, -0.2) is 0 Å². The fraction of sp³-hybridized carbons (Fsp3) is 0.625. The quantitative estimate of drug-likeness (QED) is 0.637. The minimum absolute atomic E-state index is 0.0147. The molecular weight excluding hydrogens is 318 g/mol. The summed E-state index contributed by atoms with van der Waals surface area (Å²) in [5.41, 5.74) is 0.765. The molecule has 0 spiro atoms. The van der Waals surface area contributed by atoms with Gasteiger partial charge < -0.3 is 10.1 Å². The van der Waals surface area contributed by atoms with E-state index < -0.39 is 4.92 Å². The van der Waals surface area contributed by atoms with Crippen molar-refractivity contribution in [1.29, 1.82) is 0 Å². The number of hydrogen-bond donors (Lipinski definition) is 1. The highest BCUT2D eigenvalue weighted by Gasteiger charge is 2.31. The summed E-state index contributed by atoms with van der Waals surface area (Å²) in [5.74, 6) is 0.539. The van der Waals surface area contributed by atoms with E-state index in [0.717, 1.165) is 45.0 Å². The van der Waals surface area contributed by atoms with Gasteiger partial charge in [0.15, 0.2) is 0 Å². The molecule has 7 heteroatoms. The lowest BCUT2D eigenvalue weighted by molar-refractivity contribution is -0.384. The van der Waals surface area contributed by atoms with Gasteiger partial charge in [0.2, 0.25) is 0 Å². The molecule has 3 rings (SSSR count). The molecule has 6 nitrogen and oxygen atoms in total. The highest BCUT2D eigenvalue weighted by atomic mass is 35.5. The van der Waals surface area contributed by atoms with E-state index in [1.54, 1.807) is 6.07 Å². The van der Waals surface area contributed by atoms with E-state index >= 15 is 0 Å². The molecule has 2 atom stereocenters. The van der Waals surface area contributed by atoms with Crippen LogP contribution in [0.1, 0.15) is 19.3 Å². The molecular formula is C16H22ClN3O3. The molecule has 1 aromatic carbocycles. The Bertz CT molecular complexity index is 542.